The highest BCUT2D eigenvalue weighted by Crippen LogP contribution is 2.13. The summed E-state index contributed by atoms with van der Waals surface area (Å²) in [5, 5.41) is 4.21. The highest BCUT2D eigenvalue weighted by Gasteiger charge is 2.03. The second-order valence-electron chi connectivity index (χ2n) is 4.36. The predicted octanol–water partition coefficient (Wildman–Crippen LogP) is 1.90. The monoisotopic (exact) mass is 246 g/mol. The lowest BCUT2D eigenvalue weighted by Crippen LogP contribution is -2.04. The highest BCUT2D eigenvalue weighted by atomic mass is 16.5. The van der Waals surface area contributed by atoms with Gasteiger partial charge >= 0.3 is 0 Å². The number of hydrogen-bond acceptors (Lipinski definition) is 4. The molecule has 2 rings (SSSR count). The minimum absolute atomic E-state index is 0.334. The first-order valence-corrected chi connectivity index (χ1v) is 6.01. The summed E-state index contributed by atoms with van der Waals surface area (Å²) >= 11 is 0. The van der Waals surface area contributed by atoms with E-state index in [1.165, 1.54) is 0 Å². The van der Waals surface area contributed by atoms with Crippen molar-refractivity contribution in [2.24, 2.45) is 5.73 Å². The van der Waals surface area contributed by atoms with Gasteiger partial charge in [0, 0.05) is 12.6 Å². The Balaban J connectivity index is 1.97. The number of nitrogens with zero attached hydrogens (tertiary/aromatic N) is 3. The van der Waals surface area contributed by atoms with Crippen molar-refractivity contribution >= 4 is 0 Å². The van der Waals surface area contributed by atoms with Gasteiger partial charge in [0.15, 0.2) is 5.75 Å². The fourth-order valence-electron chi connectivity index (χ4n) is 1.56. The van der Waals surface area contributed by atoms with Crippen LogP contribution in [0, 0.1) is 0 Å². The summed E-state index contributed by atoms with van der Waals surface area (Å²) in [6, 6.07) is 6.10. The number of rotatable bonds is 5. The molecular weight excluding hydrogens is 228 g/mol. The topological polar surface area (TPSA) is 66.0 Å². The van der Waals surface area contributed by atoms with Gasteiger partial charge in [-0.3, -0.25) is 9.67 Å². The van der Waals surface area contributed by atoms with Crippen LogP contribution in [0.3, 0.4) is 0 Å². The number of hydrogen-bond donors (Lipinski definition) is 1. The third-order valence-corrected chi connectivity index (χ3v) is 2.57. The molecule has 0 fully saturated rings. The van der Waals surface area contributed by atoms with Gasteiger partial charge in [0.1, 0.15) is 6.61 Å². The molecule has 0 atom stereocenters. The molecule has 0 saturated heterocycles. The van der Waals surface area contributed by atoms with E-state index >= 15 is 0 Å². The van der Waals surface area contributed by atoms with Gasteiger partial charge < -0.3 is 10.5 Å². The Morgan fingerprint density at radius 2 is 2.11 bits per heavy atom. The Morgan fingerprint density at radius 1 is 1.33 bits per heavy atom. The first-order valence-electron chi connectivity index (χ1n) is 6.01. The zero-order valence-electron chi connectivity index (χ0n) is 10.7. The van der Waals surface area contributed by atoms with Crippen molar-refractivity contribution in [2.45, 2.75) is 33.0 Å². The van der Waals surface area contributed by atoms with Gasteiger partial charge in [-0.15, -0.1) is 0 Å². The molecule has 0 amide bonds. The molecule has 0 radical (unpaired) electrons. The first-order chi connectivity index (χ1) is 8.69. The van der Waals surface area contributed by atoms with E-state index in [9.17, 15) is 0 Å². The quantitative estimate of drug-likeness (QED) is 0.875. The molecule has 0 saturated carbocycles. The van der Waals surface area contributed by atoms with E-state index in [0.29, 0.717) is 19.2 Å². The van der Waals surface area contributed by atoms with Crippen LogP contribution in [-0.2, 0) is 13.2 Å². The third-order valence-electron chi connectivity index (χ3n) is 2.57. The molecule has 0 aliphatic carbocycles. The summed E-state index contributed by atoms with van der Waals surface area (Å²) in [6.45, 7) is 5.02. The van der Waals surface area contributed by atoms with Gasteiger partial charge in [-0.2, -0.15) is 5.10 Å². The number of ether oxygens (including phenoxy) is 1. The fraction of sp³-hybridized carbons (Fsp3) is 0.385. The molecule has 5 nitrogen and oxygen atoms in total. The van der Waals surface area contributed by atoms with Crippen LogP contribution in [-0.4, -0.2) is 14.8 Å². The van der Waals surface area contributed by atoms with Crippen molar-refractivity contribution in [1.82, 2.24) is 14.8 Å². The lowest BCUT2D eigenvalue weighted by atomic mass is 10.3. The van der Waals surface area contributed by atoms with E-state index in [1.807, 2.05) is 29.1 Å². The molecule has 2 heterocycles. The number of pyridine rings is 1. The molecule has 2 aromatic rings. The first kappa shape index (κ1) is 12.6. The maximum atomic E-state index is 5.64. The Morgan fingerprint density at radius 3 is 2.78 bits per heavy atom. The number of nitrogens with two attached hydrogens (primary N) is 1. The standard InChI is InChI=1S/C13H18N4O/c1-10(2)17-8-13(7-15-17)18-9-12-5-3-4-11(6-14)16-12/h3-5,7-8,10H,6,9,14H2,1-2H3. The van der Waals surface area contributed by atoms with Crippen LogP contribution in [0.25, 0.3) is 0 Å². The average molecular weight is 246 g/mol. The lowest BCUT2D eigenvalue weighted by Gasteiger charge is -2.05. The molecular formula is C13H18N4O. The average Bonchev–Trinajstić information content (AvgIpc) is 2.85. The zero-order valence-corrected chi connectivity index (χ0v) is 10.7. The molecule has 2 N–H and O–H groups in total. The van der Waals surface area contributed by atoms with E-state index in [-0.39, 0.29) is 0 Å². The van der Waals surface area contributed by atoms with Crippen molar-refractivity contribution in [3.05, 3.63) is 42.0 Å². The predicted molar refractivity (Wildman–Crippen MR) is 69.1 cm³/mol. The van der Waals surface area contributed by atoms with Crippen molar-refractivity contribution in [1.29, 1.82) is 0 Å². The molecule has 96 valence electrons. The van der Waals surface area contributed by atoms with Crippen molar-refractivity contribution in [3.8, 4) is 5.75 Å². The number of aromatic nitrogens is 3. The summed E-state index contributed by atoms with van der Waals surface area (Å²) in [5.74, 6) is 0.753. The second-order valence-corrected chi connectivity index (χ2v) is 4.36. The summed E-state index contributed by atoms with van der Waals surface area (Å²) < 4.78 is 7.50. The van der Waals surface area contributed by atoms with Gasteiger partial charge in [-0.25, -0.2) is 0 Å². The van der Waals surface area contributed by atoms with Crippen LogP contribution in [0.5, 0.6) is 5.75 Å². The Hall–Kier alpha value is -1.88. The Kier molecular flexibility index (Phi) is 3.94. The van der Waals surface area contributed by atoms with Crippen molar-refractivity contribution in [3.63, 3.8) is 0 Å². The van der Waals surface area contributed by atoms with E-state index < -0.39 is 0 Å². The SMILES string of the molecule is CC(C)n1cc(OCc2cccc(CN)n2)cn1. The Labute approximate surface area is 107 Å². The molecule has 5 heteroatoms. The summed E-state index contributed by atoms with van der Waals surface area (Å²) in [7, 11) is 0. The van der Waals surface area contributed by atoms with Gasteiger partial charge in [0.25, 0.3) is 0 Å². The minimum Gasteiger partial charge on any atom is -0.484 e. The molecule has 0 spiro atoms. The fourth-order valence-corrected chi connectivity index (χ4v) is 1.56. The molecule has 18 heavy (non-hydrogen) atoms. The molecule has 0 aliphatic heterocycles. The minimum atomic E-state index is 0.334. The molecule has 0 bridgehead atoms. The lowest BCUT2D eigenvalue weighted by molar-refractivity contribution is 0.300. The Bertz CT molecular complexity index is 507. The highest BCUT2D eigenvalue weighted by molar-refractivity contribution is 5.14. The molecule has 0 aliphatic rings. The smallest absolute Gasteiger partial charge is 0.157 e. The van der Waals surface area contributed by atoms with Gasteiger partial charge in [0.05, 0.1) is 23.8 Å². The molecule has 2 aromatic heterocycles. The van der Waals surface area contributed by atoms with Crippen LogP contribution in [0.1, 0.15) is 31.3 Å². The second kappa shape index (κ2) is 5.64. The van der Waals surface area contributed by atoms with Gasteiger partial charge in [-0.1, -0.05) is 6.07 Å². The van der Waals surface area contributed by atoms with Crippen LogP contribution in [0.4, 0.5) is 0 Å². The molecule has 0 aromatic carbocycles. The molecule has 0 unspecified atom stereocenters. The van der Waals surface area contributed by atoms with Crippen molar-refractivity contribution < 1.29 is 4.74 Å². The van der Waals surface area contributed by atoms with E-state index in [2.05, 4.69) is 23.9 Å². The van der Waals surface area contributed by atoms with Crippen LogP contribution in [0.15, 0.2) is 30.6 Å². The van der Waals surface area contributed by atoms with Gasteiger partial charge in [0.2, 0.25) is 0 Å². The van der Waals surface area contributed by atoms with Gasteiger partial charge in [-0.05, 0) is 26.0 Å². The summed E-state index contributed by atoms with van der Waals surface area (Å²) in [4.78, 5) is 4.37. The van der Waals surface area contributed by atoms with Crippen LogP contribution < -0.4 is 10.5 Å². The summed E-state index contributed by atoms with van der Waals surface area (Å²) in [6.07, 6.45) is 3.60. The third kappa shape index (κ3) is 3.07. The van der Waals surface area contributed by atoms with E-state index in [1.54, 1.807) is 6.20 Å². The largest absolute Gasteiger partial charge is 0.484 e. The van der Waals surface area contributed by atoms with Crippen LogP contribution >= 0.6 is 0 Å². The maximum absolute atomic E-state index is 5.64. The summed E-state index contributed by atoms with van der Waals surface area (Å²) in [5.41, 5.74) is 7.29. The van der Waals surface area contributed by atoms with E-state index in [4.69, 9.17) is 10.5 Å². The normalized spacial score (nSPS) is 10.9. The van der Waals surface area contributed by atoms with Crippen molar-refractivity contribution in [2.75, 3.05) is 0 Å². The maximum Gasteiger partial charge on any atom is 0.157 e. The zero-order chi connectivity index (χ0) is 13.0. The van der Waals surface area contributed by atoms with E-state index in [0.717, 1.165) is 17.1 Å². The van der Waals surface area contributed by atoms with Crippen LogP contribution in [0.2, 0.25) is 0 Å².